The van der Waals surface area contributed by atoms with Crippen molar-refractivity contribution in [3.8, 4) is 22.7 Å². The van der Waals surface area contributed by atoms with Crippen LogP contribution in [0.2, 0.25) is 0 Å². The maximum absolute atomic E-state index is 13.1. The number of carbonyl (C=O) groups is 1. The van der Waals surface area contributed by atoms with Crippen LogP contribution in [0.1, 0.15) is 36.0 Å². The van der Waals surface area contributed by atoms with E-state index in [-0.39, 0.29) is 11.3 Å². The number of hydrogen-bond acceptors (Lipinski definition) is 6. The van der Waals surface area contributed by atoms with Crippen LogP contribution in [-0.2, 0) is 7.05 Å². The summed E-state index contributed by atoms with van der Waals surface area (Å²) < 4.78 is 43.8. The van der Waals surface area contributed by atoms with Crippen molar-refractivity contribution >= 4 is 5.91 Å². The number of aromatic nitrogens is 4. The predicted octanol–water partition coefficient (Wildman–Crippen LogP) is 2.56. The van der Waals surface area contributed by atoms with Crippen LogP contribution in [0.4, 0.5) is 13.2 Å². The monoisotopic (exact) mass is 477 g/mol. The van der Waals surface area contributed by atoms with Crippen LogP contribution >= 0.6 is 0 Å². The zero-order valence-corrected chi connectivity index (χ0v) is 18.1. The Morgan fingerprint density at radius 3 is 2.53 bits per heavy atom. The van der Waals surface area contributed by atoms with Gasteiger partial charge in [0.1, 0.15) is 17.0 Å². The van der Waals surface area contributed by atoms with Gasteiger partial charge in [-0.15, -0.1) is 13.2 Å². The molecule has 1 aromatic carbocycles. The SMILES string of the molecule is Cn1cc(-n2nc(-c3ccc(OC(F)(F)F)cc3)cc(C(=O)N[C@H]3CCCC[C@H]3O)c2=O)cn1. The molecule has 9 nitrogen and oxygen atoms in total. The summed E-state index contributed by atoms with van der Waals surface area (Å²) in [5.41, 5.74) is -0.0767. The van der Waals surface area contributed by atoms with Gasteiger partial charge in [-0.2, -0.15) is 14.9 Å². The van der Waals surface area contributed by atoms with E-state index in [1.54, 1.807) is 7.05 Å². The third-order valence-electron chi connectivity index (χ3n) is 5.52. The average Bonchev–Trinajstić information content (AvgIpc) is 3.21. The lowest BCUT2D eigenvalue weighted by Crippen LogP contribution is -2.46. The Morgan fingerprint density at radius 1 is 1.21 bits per heavy atom. The van der Waals surface area contributed by atoms with Gasteiger partial charge in [0.05, 0.1) is 30.2 Å². The summed E-state index contributed by atoms with van der Waals surface area (Å²) in [5.74, 6) is -1.09. The number of halogens is 3. The molecule has 1 fully saturated rings. The first-order valence-corrected chi connectivity index (χ1v) is 10.6. The van der Waals surface area contributed by atoms with Gasteiger partial charge in [-0.3, -0.25) is 14.3 Å². The highest BCUT2D eigenvalue weighted by Crippen LogP contribution is 2.26. The maximum atomic E-state index is 13.1. The molecule has 0 unspecified atom stereocenters. The molecule has 2 aromatic heterocycles. The summed E-state index contributed by atoms with van der Waals surface area (Å²) >= 11 is 0. The second-order valence-corrected chi connectivity index (χ2v) is 8.04. The van der Waals surface area contributed by atoms with E-state index in [9.17, 15) is 27.9 Å². The molecule has 2 N–H and O–H groups in total. The molecule has 2 atom stereocenters. The van der Waals surface area contributed by atoms with E-state index < -0.39 is 35.7 Å². The van der Waals surface area contributed by atoms with Crippen LogP contribution < -0.4 is 15.6 Å². The maximum Gasteiger partial charge on any atom is 0.573 e. The van der Waals surface area contributed by atoms with E-state index in [0.717, 1.165) is 29.7 Å². The minimum atomic E-state index is -4.83. The number of ether oxygens (including phenoxy) is 1. The number of rotatable bonds is 5. The van der Waals surface area contributed by atoms with Gasteiger partial charge in [0, 0.05) is 12.6 Å². The third-order valence-corrected chi connectivity index (χ3v) is 5.52. The summed E-state index contributed by atoms with van der Waals surface area (Å²) in [6.07, 6.45) is 0.227. The molecule has 180 valence electrons. The van der Waals surface area contributed by atoms with E-state index in [4.69, 9.17) is 0 Å². The van der Waals surface area contributed by atoms with Crippen LogP contribution in [-0.4, -0.2) is 49.1 Å². The van der Waals surface area contributed by atoms with Crippen molar-refractivity contribution in [2.45, 2.75) is 44.2 Å². The van der Waals surface area contributed by atoms with Gasteiger partial charge in [0.25, 0.3) is 11.5 Å². The normalized spacial score (nSPS) is 18.5. The summed E-state index contributed by atoms with van der Waals surface area (Å²) in [6, 6.07) is 5.70. The lowest BCUT2D eigenvalue weighted by molar-refractivity contribution is -0.274. The Labute approximate surface area is 191 Å². The van der Waals surface area contributed by atoms with Crippen molar-refractivity contribution in [1.82, 2.24) is 24.9 Å². The highest BCUT2D eigenvalue weighted by atomic mass is 19.4. The van der Waals surface area contributed by atoms with E-state index in [1.165, 1.54) is 35.3 Å². The lowest BCUT2D eigenvalue weighted by atomic mass is 9.92. The highest BCUT2D eigenvalue weighted by Gasteiger charge is 2.31. The fourth-order valence-electron chi connectivity index (χ4n) is 3.84. The molecule has 1 saturated carbocycles. The molecule has 34 heavy (non-hydrogen) atoms. The Kier molecular flexibility index (Phi) is 6.42. The van der Waals surface area contributed by atoms with Gasteiger partial charge in [-0.05, 0) is 43.2 Å². The summed E-state index contributed by atoms with van der Waals surface area (Å²) in [6.45, 7) is 0. The van der Waals surface area contributed by atoms with Gasteiger partial charge in [-0.25, -0.2) is 0 Å². The van der Waals surface area contributed by atoms with Crippen molar-refractivity contribution < 1.29 is 27.8 Å². The molecule has 0 bridgehead atoms. The number of benzene rings is 1. The second-order valence-electron chi connectivity index (χ2n) is 8.04. The average molecular weight is 477 g/mol. The molecule has 0 spiro atoms. The third kappa shape index (κ3) is 5.28. The van der Waals surface area contributed by atoms with E-state index in [2.05, 4.69) is 20.3 Å². The molecular formula is C22H22F3N5O4. The number of hydrogen-bond donors (Lipinski definition) is 2. The summed E-state index contributed by atoms with van der Waals surface area (Å²) in [4.78, 5) is 26.2. The lowest BCUT2D eigenvalue weighted by Gasteiger charge is -2.28. The van der Waals surface area contributed by atoms with Crippen molar-refractivity contribution in [1.29, 1.82) is 0 Å². The molecular weight excluding hydrogens is 455 g/mol. The topological polar surface area (TPSA) is 111 Å². The first kappa shape index (κ1) is 23.5. The van der Waals surface area contributed by atoms with Crippen molar-refractivity contribution in [3.05, 3.63) is 58.6 Å². The van der Waals surface area contributed by atoms with Crippen molar-refractivity contribution in [2.75, 3.05) is 0 Å². The fourth-order valence-corrected chi connectivity index (χ4v) is 3.84. The van der Waals surface area contributed by atoms with Crippen LogP contribution in [0.15, 0.2) is 47.5 Å². The fraction of sp³-hybridized carbons (Fsp3) is 0.364. The molecule has 0 aliphatic heterocycles. The molecule has 1 amide bonds. The number of nitrogens with one attached hydrogen (secondary N) is 1. The van der Waals surface area contributed by atoms with Gasteiger partial charge >= 0.3 is 6.36 Å². The Balaban J connectivity index is 1.73. The van der Waals surface area contributed by atoms with Gasteiger partial charge in [0.2, 0.25) is 0 Å². The minimum absolute atomic E-state index is 0.177. The zero-order valence-electron chi connectivity index (χ0n) is 18.1. The molecule has 4 rings (SSSR count). The molecule has 1 aliphatic rings. The molecule has 2 heterocycles. The predicted molar refractivity (Wildman–Crippen MR) is 114 cm³/mol. The van der Waals surface area contributed by atoms with Gasteiger partial charge in [0.15, 0.2) is 0 Å². The van der Waals surface area contributed by atoms with Gasteiger partial charge < -0.3 is 15.2 Å². The number of carbonyl (C=O) groups excluding carboxylic acids is 1. The highest BCUT2D eigenvalue weighted by molar-refractivity contribution is 5.95. The van der Waals surface area contributed by atoms with E-state index >= 15 is 0 Å². The van der Waals surface area contributed by atoms with E-state index in [1.807, 2.05) is 0 Å². The Morgan fingerprint density at radius 2 is 1.91 bits per heavy atom. The smallest absolute Gasteiger partial charge is 0.406 e. The van der Waals surface area contributed by atoms with Crippen LogP contribution in [0.3, 0.4) is 0 Å². The number of amides is 1. The molecule has 1 aliphatic carbocycles. The first-order valence-electron chi connectivity index (χ1n) is 10.6. The molecule has 0 saturated heterocycles. The van der Waals surface area contributed by atoms with Gasteiger partial charge in [-0.1, -0.05) is 12.8 Å². The first-order chi connectivity index (χ1) is 16.1. The van der Waals surface area contributed by atoms with E-state index in [0.29, 0.717) is 24.1 Å². The van der Waals surface area contributed by atoms with Crippen LogP contribution in [0.5, 0.6) is 5.75 Å². The number of alkyl halides is 3. The summed E-state index contributed by atoms with van der Waals surface area (Å²) in [5, 5.41) is 21.2. The van der Waals surface area contributed by atoms with Crippen LogP contribution in [0, 0.1) is 0 Å². The Bertz CT molecular complexity index is 1240. The molecule has 3 aromatic rings. The molecule has 12 heteroatoms. The number of aliphatic hydroxyl groups excluding tert-OH is 1. The minimum Gasteiger partial charge on any atom is -0.406 e. The van der Waals surface area contributed by atoms with Crippen molar-refractivity contribution in [2.24, 2.45) is 7.05 Å². The quantitative estimate of drug-likeness (QED) is 0.584. The molecule has 0 radical (unpaired) electrons. The number of aryl methyl sites for hydroxylation is 1. The standard InChI is InChI=1S/C22H22F3N5O4/c1-29-12-14(11-26-29)30-21(33)16(20(32)27-17-4-2-3-5-19(17)31)10-18(28-30)13-6-8-15(9-7-13)34-22(23,24)25/h6-12,17,19,31H,2-5H2,1H3,(H,27,32)/t17-,19+/m0/s1. The number of aliphatic hydroxyl groups is 1. The van der Waals surface area contributed by atoms with Crippen molar-refractivity contribution in [3.63, 3.8) is 0 Å². The largest absolute Gasteiger partial charge is 0.573 e. The zero-order chi connectivity index (χ0) is 24.5. The van der Waals surface area contributed by atoms with Crippen LogP contribution in [0.25, 0.3) is 16.9 Å². The summed E-state index contributed by atoms with van der Waals surface area (Å²) in [7, 11) is 1.65. The number of nitrogens with zero attached hydrogens (tertiary/aromatic N) is 4. The second kappa shape index (κ2) is 9.29. The Hall–Kier alpha value is -3.67.